The molecule has 0 spiro atoms. The monoisotopic (exact) mass is 261 g/mol. The Balaban J connectivity index is 2.36. The third-order valence-electron chi connectivity index (χ3n) is 2.84. The Kier molecular flexibility index (Phi) is 3.51. The van der Waals surface area contributed by atoms with Crippen LogP contribution in [0.1, 0.15) is 26.3 Å². The molecule has 0 fully saturated rings. The third-order valence-corrected chi connectivity index (χ3v) is 2.84. The molecule has 1 heterocycles. The summed E-state index contributed by atoms with van der Waals surface area (Å²) in [5, 5.41) is 0.485. The van der Waals surface area contributed by atoms with Crippen LogP contribution in [0.25, 0.3) is 10.9 Å². The lowest BCUT2D eigenvalue weighted by Gasteiger charge is -2.24. The van der Waals surface area contributed by atoms with E-state index in [4.69, 9.17) is 4.74 Å². The van der Waals surface area contributed by atoms with Gasteiger partial charge in [0.05, 0.1) is 5.52 Å². The molecule has 0 aliphatic carbocycles. The molecule has 1 aromatic heterocycles. The number of halogens is 1. The third kappa shape index (κ3) is 3.08. The lowest BCUT2D eigenvalue weighted by atomic mass is 9.96. The zero-order chi connectivity index (χ0) is 14.0. The number of pyridine rings is 1. The van der Waals surface area contributed by atoms with E-state index in [0.29, 0.717) is 22.9 Å². The minimum absolute atomic E-state index is 0.300. The zero-order valence-electron chi connectivity index (χ0n) is 11.2. The summed E-state index contributed by atoms with van der Waals surface area (Å²) in [7, 11) is 0. The van der Waals surface area contributed by atoms with E-state index < -0.39 is 5.60 Å². The van der Waals surface area contributed by atoms with Crippen LogP contribution in [0.4, 0.5) is 4.39 Å². The first kappa shape index (κ1) is 13.5. The molecule has 0 unspecified atom stereocenters. The molecule has 0 amide bonds. The summed E-state index contributed by atoms with van der Waals surface area (Å²) < 4.78 is 19.5. The Morgan fingerprint density at radius 1 is 1.37 bits per heavy atom. The maximum absolute atomic E-state index is 14.4. The van der Waals surface area contributed by atoms with Crippen LogP contribution in [-0.2, 0) is 16.0 Å². The molecule has 0 saturated heterocycles. The molecule has 3 nitrogen and oxygen atoms in total. The predicted octanol–water partition coefficient (Wildman–Crippen LogP) is 3.26. The Bertz CT molecular complexity index is 623. The molecule has 1 aromatic carbocycles. The summed E-state index contributed by atoms with van der Waals surface area (Å²) in [6.45, 7) is 4.88. The highest BCUT2D eigenvalue weighted by molar-refractivity contribution is 5.79. The smallest absolute Gasteiger partial charge is 0.303 e. The van der Waals surface area contributed by atoms with Gasteiger partial charge in [0, 0.05) is 24.9 Å². The number of hydrogen-bond donors (Lipinski definition) is 0. The molecular formula is C15H16FNO2. The van der Waals surface area contributed by atoms with Crippen molar-refractivity contribution in [1.82, 2.24) is 4.98 Å². The van der Waals surface area contributed by atoms with E-state index in [2.05, 4.69) is 4.98 Å². The maximum atomic E-state index is 14.4. The van der Waals surface area contributed by atoms with E-state index in [0.717, 1.165) is 0 Å². The summed E-state index contributed by atoms with van der Waals surface area (Å²) in [6.07, 6.45) is 1.95. The van der Waals surface area contributed by atoms with E-state index >= 15 is 0 Å². The second kappa shape index (κ2) is 4.96. The van der Waals surface area contributed by atoms with Gasteiger partial charge in [-0.3, -0.25) is 9.78 Å². The average Bonchev–Trinajstić information content (AvgIpc) is 2.31. The van der Waals surface area contributed by atoms with Gasteiger partial charge < -0.3 is 4.74 Å². The van der Waals surface area contributed by atoms with Gasteiger partial charge in [-0.25, -0.2) is 4.39 Å². The minimum Gasteiger partial charge on any atom is -0.459 e. The molecule has 0 atom stereocenters. The first-order chi connectivity index (χ1) is 8.89. The summed E-state index contributed by atoms with van der Waals surface area (Å²) in [5.74, 6) is -0.668. The quantitative estimate of drug-likeness (QED) is 0.796. The molecule has 0 bridgehead atoms. The van der Waals surface area contributed by atoms with E-state index in [1.165, 1.54) is 6.92 Å². The van der Waals surface area contributed by atoms with Crippen molar-refractivity contribution in [3.05, 3.63) is 41.8 Å². The minimum atomic E-state index is -0.734. The van der Waals surface area contributed by atoms with Gasteiger partial charge >= 0.3 is 5.97 Å². The van der Waals surface area contributed by atoms with Crippen LogP contribution in [0.2, 0.25) is 0 Å². The largest absolute Gasteiger partial charge is 0.459 e. The summed E-state index contributed by atoms with van der Waals surface area (Å²) in [4.78, 5) is 15.1. The van der Waals surface area contributed by atoms with Crippen LogP contribution in [0.3, 0.4) is 0 Å². The highest BCUT2D eigenvalue weighted by Crippen LogP contribution is 2.24. The first-order valence-electron chi connectivity index (χ1n) is 6.11. The van der Waals surface area contributed by atoms with Crippen LogP contribution in [0.15, 0.2) is 30.5 Å². The van der Waals surface area contributed by atoms with Crippen LogP contribution >= 0.6 is 0 Å². The predicted molar refractivity (Wildman–Crippen MR) is 71.3 cm³/mol. The molecule has 0 N–H and O–H groups in total. The van der Waals surface area contributed by atoms with Crippen molar-refractivity contribution >= 4 is 16.9 Å². The van der Waals surface area contributed by atoms with Gasteiger partial charge in [0.25, 0.3) is 0 Å². The lowest BCUT2D eigenvalue weighted by Crippen LogP contribution is -2.30. The van der Waals surface area contributed by atoms with E-state index in [9.17, 15) is 9.18 Å². The van der Waals surface area contributed by atoms with Gasteiger partial charge in [-0.15, -0.1) is 0 Å². The van der Waals surface area contributed by atoms with E-state index in [1.807, 2.05) is 0 Å². The molecule has 2 aromatic rings. The molecule has 0 radical (unpaired) electrons. The first-order valence-corrected chi connectivity index (χ1v) is 6.11. The Morgan fingerprint density at radius 3 is 2.79 bits per heavy atom. The number of esters is 1. The van der Waals surface area contributed by atoms with Crippen molar-refractivity contribution in [2.24, 2.45) is 0 Å². The highest BCUT2D eigenvalue weighted by atomic mass is 19.1. The number of carbonyl (C=O) groups excluding carboxylic acids is 1. The summed E-state index contributed by atoms with van der Waals surface area (Å²) >= 11 is 0. The summed E-state index contributed by atoms with van der Waals surface area (Å²) in [6, 6.07) is 6.86. The van der Waals surface area contributed by atoms with Gasteiger partial charge in [-0.2, -0.15) is 0 Å². The second-order valence-corrected chi connectivity index (χ2v) is 5.14. The van der Waals surface area contributed by atoms with Crippen molar-refractivity contribution < 1.29 is 13.9 Å². The molecular weight excluding hydrogens is 245 g/mol. The SMILES string of the molecule is CC(=O)OC(C)(C)Cc1ccc2ncccc2c1F. The average molecular weight is 261 g/mol. The van der Waals surface area contributed by atoms with Crippen molar-refractivity contribution in [3.63, 3.8) is 0 Å². The van der Waals surface area contributed by atoms with E-state index in [1.54, 1.807) is 44.3 Å². The van der Waals surface area contributed by atoms with Crippen LogP contribution in [0, 0.1) is 5.82 Å². The lowest BCUT2D eigenvalue weighted by molar-refractivity contribution is -0.153. The van der Waals surface area contributed by atoms with Crippen molar-refractivity contribution in [2.45, 2.75) is 32.8 Å². The van der Waals surface area contributed by atoms with Crippen molar-refractivity contribution in [1.29, 1.82) is 0 Å². The molecule has 19 heavy (non-hydrogen) atoms. The molecule has 0 aliphatic rings. The number of ether oxygens (including phenoxy) is 1. The highest BCUT2D eigenvalue weighted by Gasteiger charge is 2.24. The summed E-state index contributed by atoms with van der Waals surface area (Å²) in [5.41, 5.74) is 0.406. The fraction of sp³-hybridized carbons (Fsp3) is 0.333. The zero-order valence-corrected chi connectivity index (χ0v) is 11.2. The van der Waals surface area contributed by atoms with Gasteiger partial charge in [-0.05, 0) is 37.6 Å². The van der Waals surface area contributed by atoms with Gasteiger partial charge in [-0.1, -0.05) is 6.07 Å². The molecule has 2 rings (SSSR count). The topological polar surface area (TPSA) is 39.2 Å². The molecule has 100 valence electrons. The maximum Gasteiger partial charge on any atom is 0.303 e. The van der Waals surface area contributed by atoms with Crippen LogP contribution < -0.4 is 0 Å². The van der Waals surface area contributed by atoms with Crippen molar-refractivity contribution in [3.8, 4) is 0 Å². The van der Waals surface area contributed by atoms with Crippen LogP contribution in [-0.4, -0.2) is 16.6 Å². The Labute approximate surface area is 111 Å². The van der Waals surface area contributed by atoms with E-state index in [-0.39, 0.29) is 11.8 Å². The number of fused-ring (bicyclic) bond motifs is 1. The molecule has 0 saturated carbocycles. The number of aromatic nitrogens is 1. The van der Waals surface area contributed by atoms with Gasteiger partial charge in [0.1, 0.15) is 11.4 Å². The number of rotatable bonds is 3. The molecule has 4 heteroatoms. The Morgan fingerprint density at radius 2 is 2.11 bits per heavy atom. The number of nitrogens with zero attached hydrogens (tertiary/aromatic N) is 1. The fourth-order valence-electron chi connectivity index (χ4n) is 2.18. The number of hydrogen-bond acceptors (Lipinski definition) is 3. The number of benzene rings is 1. The second-order valence-electron chi connectivity index (χ2n) is 5.14. The fourth-order valence-corrected chi connectivity index (χ4v) is 2.18. The number of carbonyl (C=O) groups is 1. The van der Waals surface area contributed by atoms with Gasteiger partial charge in [0.15, 0.2) is 0 Å². The van der Waals surface area contributed by atoms with Crippen LogP contribution in [0.5, 0.6) is 0 Å². The standard InChI is InChI=1S/C15H16FNO2/c1-10(18)19-15(2,3)9-11-6-7-13-12(14(11)16)5-4-8-17-13/h4-8H,9H2,1-3H3. The normalized spacial score (nSPS) is 11.6. The Hall–Kier alpha value is -1.97. The van der Waals surface area contributed by atoms with Gasteiger partial charge in [0.2, 0.25) is 0 Å². The molecule has 0 aliphatic heterocycles. The van der Waals surface area contributed by atoms with Crippen molar-refractivity contribution in [2.75, 3.05) is 0 Å².